The monoisotopic (exact) mass is 647 g/mol. The van der Waals surface area contributed by atoms with Gasteiger partial charge in [-0.1, -0.05) is 31.9 Å². The van der Waals surface area contributed by atoms with Crippen LogP contribution >= 0.6 is 37.2 Å². The molecule has 0 spiro atoms. The number of aromatic nitrogens is 4. The number of nitrogens with zero attached hydrogens (tertiary/aromatic N) is 3. The predicted molar refractivity (Wildman–Crippen MR) is 172 cm³/mol. The maximum atomic E-state index is 13.1. The molecule has 2 aromatic heterocycles. The number of carboxylic acid groups (broad SMARTS) is 1. The highest BCUT2D eigenvalue weighted by Crippen LogP contribution is 2.31. The average molecular weight is 649 g/mol. The van der Waals surface area contributed by atoms with Gasteiger partial charge in [-0.15, -0.1) is 37.2 Å². The van der Waals surface area contributed by atoms with Gasteiger partial charge in [-0.3, -0.25) is 4.79 Å². The molecule has 3 aromatic rings. The molecule has 10 nitrogen and oxygen atoms in total. The van der Waals surface area contributed by atoms with Crippen LogP contribution < -0.4 is 10.6 Å². The second kappa shape index (κ2) is 16.3. The van der Waals surface area contributed by atoms with E-state index in [0.717, 1.165) is 48.5 Å². The van der Waals surface area contributed by atoms with Crippen molar-refractivity contribution in [3.63, 3.8) is 0 Å². The Morgan fingerprint density at radius 1 is 0.977 bits per heavy atom. The molecule has 1 aromatic carbocycles. The van der Waals surface area contributed by atoms with Crippen molar-refractivity contribution in [1.29, 1.82) is 0 Å². The quantitative estimate of drug-likeness (QED) is 0.242. The largest absolute Gasteiger partial charge is 0.465 e. The number of H-pyrrole nitrogens is 2. The van der Waals surface area contributed by atoms with Gasteiger partial charge < -0.3 is 30.6 Å². The molecule has 5 N–H and O–H groups in total. The molecular weight excluding hydrogens is 613 g/mol. The number of carbonyl (C=O) groups excluding carboxylic acids is 1. The van der Waals surface area contributed by atoms with Gasteiger partial charge in [0.2, 0.25) is 5.91 Å². The fourth-order valence-electron chi connectivity index (χ4n) is 5.22. The second-order valence-corrected chi connectivity index (χ2v) is 10.5. The molecule has 5 rings (SSSR count). The molecule has 0 saturated carbocycles. The van der Waals surface area contributed by atoms with Gasteiger partial charge in [0, 0.05) is 12.1 Å². The third-order valence-corrected chi connectivity index (χ3v) is 7.31. The summed E-state index contributed by atoms with van der Waals surface area (Å²) in [5, 5.41) is 15.0. The summed E-state index contributed by atoms with van der Waals surface area (Å²) in [5.41, 5.74) is 3.50. The summed E-state index contributed by atoms with van der Waals surface area (Å²) < 4.78 is 0. The van der Waals surface area contributed by atoms with E-state index >= 15 is 0 Å². The van der Waals surface area contributed by atoms with E-state index in [2.05, 4.69) is 54.3 Å². The zero-order chi connectivity index (χ0) is 28.1. The van der Waals surface area contributed by atoms with Crippen LogP contribution in [0, 0.1) is 29.6 Å². The maximum absolute atomic E-state index is 13.1. The molecule has 2 saturated heterocycles. The molecule has 230 valence electrons. The molecule has 43 heavy (non-hydrogen) atoms. The number of halogens is 3. The van der Waals surface area contributed by atoms with Crippen LogP contribution in [0.2, 0.25) is 0 Å². The SMILES string of the molecule is CC(C)[C@H](NC(=O)O)C(=O)N1CCC[C@H]1c1ncc(C#CC#Cc2ccc(-c3cnc([C@@H]4CCCN4)[nH]3)cc2)[nH]1.Cl.Cl.Cl. The Hall–Kier alpha value is -3.67. The number of likely N-dealkylation sites (tertiary alicyclic amines) is 1. The highest BCUT2D eigenvalue weighted by atomic mass is 35.5. The van der Waals surface area contributed by atoms with Gasteiger partial charge in [0.15, 0.2) is 0 Å². The van der Waals surface area contributed by atoms with Gasteiger partial charge in [-0.05, 0) is 73.6 Å². The van der Waals surface area contributed by atoms with E-state index < -0.39 is 12.1 Å². The Kier molecular flexibility index (Phi) is 13.4. The van der Waals surface area contributed by atoms with Gasteiger partial charge in [0.25, 0.3) is 0 Å². The number of benzene rings is 1. The average Bonchev–Trinajstić information content (AvgIpc) is 3.75. The minimum Gasteiger partial charge on any atom is -0.465 e. The summed E-state index contributed by atoms with van der Waals surface area (Å²) in [6.45, 7) is 5.23. The topological polar surface area (TPSA) is 139 Å². The Morgan fingerprint density at radius 2 is 1.70 bits per heavy atom. The molecular formula is C30H36Cl3N7O3. The van der Waals surface area contributed by atoms with Crippen LogP contribution in [0.25, 0.3) is 11.3 Å². The first kappa shape index (κ1) is 35.5. The fraction of sp³-hybridized carbons (Fsp3) is 0.400. The van der Waals surface area contributed by atoms with Crippen LogP contribution in [0.3, 0.4) is 0 Å². The summed E-state index contributed by atoms with van der Waals surface area (Å²) in [6.07, 6.45) is 6.14. The lowest BCUT2D eigenvalue weighted by Crippen LogP contribution is -2.50. The Morgan fingerprint density at radius 3 is 2.37 bits per heavy atom. The first-order valence-electron chi connectivity index (χ1n) is 13.6. The number of rotatable bonds is 6. The van der Waals surface area contributed by atoms with E-state index in [9.17, 15) is 9.59 Å². The Bertz CT molecular complexity index is 1490. The third-order valence-electron chi connectivity index (χ3n) is 7.31. The Labute approximate surface area is 269 Å². The number of hydrogen-bond donors (Lipinski definition) is 5. The normalized spacial score (nSPS) is 17.7. The molecule has 13 heteroatoms. The molecule has 0 unspecified atom stereocenters. The highest BCUT2D eigenvalue weighted by Gasteiger charge is 2.37. The number of amides is 2. The zero-order valence-electron chi connectivity index (χ0n) is 23.8. The van der Waals surface area contributed by atoms with E-state index in [1.54, 1.807) is 11.1 Å². The van der Waals surface area contributed by atoms with Crippen LogP contribution in [-0.2, 0) is 4.79 Å². The molecule has 2 aliphatic heterocycles. The lowest BCUT2D eigenvalue weighted by atomic mass is 10.0. The summed E-state index contributed by atoms with van der Waals surface area (Å²) >= 11 is 0. The molecule has 2 fully saturated rings. The highest BCUT2D eigenvalue weighted by molar-refractivity contribution is 5.86. The molecule has 3 atom stereocenters. The van der Waals surface area contributed by atoms with Crippen molar-refractivity contribution in [3.05, 3.63) is 59.6 Å². The maximum Gasteiger partial charge on any atom is 0.405 e. The summed E-state index contributed by atoms with van der Waals surface area (Å²) in [6, 6.07) is 7.21. The second-order valence-electron chi connectivity index (χ2n) is 10.5. The van der Waals surface area contributed by atoms with Crippen LogP contribution in [-0.4, -0.2) is 61.1 Å². The van der Waals surface area contributed by atoms with Crippen molar-refractivity contribution < 1.29 is 14.7 Å². The van der Waals surface area contributed by atoms with Gasteiger partial charge in [0.05, 0.1) is 30.2 Å². The van der Waals surface area contributed by atoms with Crippen molar-refractivity contribution in [1.82, 2.24) is 35.5 Å². The van der Waals surface area contributed by atoms with E-state index in [0.29, 0.717) is 24.1 Å². The van der Waals surface area contributed by atoms with Crippen molar-refractivity contribution in [2.75, 3.05) is 13.1 Å². The number of nitrogens with one attached hydrogen (secondary N) is 4. The smallest absolute Gasteiger partial charge is 0.405 e. The van der Waals surface area contributed by atoms with Gasteiger partial charge in [-0.25, -0.2) is 14.8 Å². The molecule has 2 amide bonds. The lowest BCUT2D eigenvalue weighted by Gasteiger charge is -2.29. The fourth-order valence-corrected chi connectivity index (χ4v) is 5.22. The summed E-state index contributed by atoms with van der Waals surface area (Å²) in [7, 11) is 0. The van der Waals surface area contributed by atoms with Gasteiger partial charge in [0.1, 0.15) is 23.4 Å². The van der Waals surface area contributed by atoms with Gasteiger partial charge in [-0.2, -0.15) is 0 Å². The lowest BCUT2D eigenvalue weighted by molar-refractivity contribution is -0.135. The number of imidazole rings is 2. The molecule has 0 radical (unpaired) electrons. The van der Waals surface area contributed by atoms with Crippen LogP contribution in [0.4, 0.5) is 4.79 Å². The molecule has 0 bridgehead atoms. The number of hydrogen-bond acceptors (Lipinski definition) is 5. The third kappa shape index (κ3) is 8.68. The van der Waals surface area contributed by atoms with Gasteiger partial charge >= 0.3 is 6.09 Å². The minimum atomic E-state index is -1.21. The Balaban J connectivity index is 0.00000215. The number of carbonyl (C=O) groups is 2. The predicted octanol–water partition coefficient (Wildman–Crippen LogP) is 4.85. The van der Waals surface area contributed by atoms with Crippen molar-refractivity contribution in [3.8, 4) is 34.9 Å². The van der Waals surface area contributed by atoms with E-state index in [1.165, 1.54) is 6.42 Å². The number of aromatic amines is 2. The standard InChI is InChI=1S/C30H33N7O3.3ClH/c1-19(2)26(36-30(39)40)29(38)37-16-6-10-25(37)28-32-17-22(34-28)8-4-3-7-20-11-13-21(14-12-20)24-18-33-27(35-24)23-9-5-15-31-23;;;/h11-14,17-19,23,25-26,31,36H,5-6,9-10,15-16H2,1-2H3,(H,32,34)(H,33,35)(H,39,40);3*1H/t23-,25-,26-;;;/m0.../s1. The van der Waals surface area contributed by atoms with Crippen LogP contribution in [0.1, 0.15) is 74.5 Å². The van der Waals surface area contributed by atoms with Crippen molar-refractivity contribution >= 4 is 49.2 Å². The molecule has 4 heterocycles. The molecule has 2 aliphatic rings. The summed E-state index contributed by atoms with van der Waals surface area (Å²) in [5.74, 6) is 13.0. The molecule has 0 aliphatic carbocycles. The summed E-state index contributed by atoms with van der Waals surface area (Å²) in [4.78, 5) is 41.6. The van der Waals surface area contributed by atoms with Crippen molar-refractivity contribution in [2.24, 2.45) is 5.92 Å². The minimum absolute atomic E-state index is 0. The van der Waals surface area contributed by atoms with E-state index in [-0.39, 0.29) is 55.1 Å². The van der Waals surface area contributed by atoms with Crippen LogP contribution in [0.5, 0.6) is 0 Å². The zero-order valence-corrected chi connectivity index (χ0v) is 26.3. The van der Waals surface area contributed by atoms with Crippen molar-refractivity contribution in [2.45, 2.75) is 57.7 Å². The van der Waals surface area contributed by atoms with E-state index in [4.69, 9.17) is 5.11 Å². The first-order valence-corrected chi connectivity index (χ1v) is 13.6. The van der Waals surface area contributed by atoms with Crippen LogP contribution in [0.15, 0.2) is 36.7 Å². The first-order chi connectivity index (χ1) is 19.4. The van der Waals surface area contributed by atoms with E-state index in [1.807, 2.05) is 44.3 Å².